The van der Waals surface area contributed by atoms with Crippen molar-refractivity contribution < 1.29 is 4.42 Å². The number of benzene rings is 3. The van der Waals surface area contributed by atoms with E-state index in [9.17, 15) is 0 Å². The lowest BCUT2D eigenvalue weighted by molar-refractivity contribution is 0.620. The molecule has 3 nitrogen and oxygen atoms in total. The second-order valence-corrected chi connectivity index (χ2v) is 7.14. The van der Waals surface area contributed by atoms with E-state index in [4.69, 9.17) is 27.6 Å². The smallest absolute Gasteiger partial charge is 0.227 e. The van der Waals surface area contributed by atoms with E-state index >= 15 is 0 Å². The number of oxazole rings is 1. The molecule has 28 heavy (non-hydrogen) atoms. The first kappa shape index (κ1) is 18.5. The van der Waals surface area contributed by atoms with Gasteiger partial charge >= 0.3 is 0 Å². The molecule has 0 unspecified atom stereocenters. The SMILES string of the molecule is Cc1cccc2oc(-c3cccc(N=C/C=C\c4ccc(Cl)cc4Cl)c3)nc12. The van der Waals surface area contributed by atoms with Crippen molar-refractivity contribution in [2.24, 2.45) is 4.99 Å². The van der Waals surface area contributed by atoms with Crippen molar-refractivity contribution in [3.8, 4) is 11.5 Å². The highest BCUT2D eigenvalue weighted by molar-refractivity contribution is 6.35. The molecule has 1 aromatic heterocycles. The standard InChI is InChI=1S/C23H16Cl2N2O/c1-15-5-2-9-21-22(15)27-23(28-21)17-6-3-8-19(13-17)26-12-4-7-16-10-11-18(24)14-20(16)25/h2-14H,1H3/b7-4-,26-12?. The summed E-state index contributed by atoms with van der Waals surface area (Å²) in [5.74, 6) is 0.588. The summed E-state index contributed by atoms with van der Waals surface area (Å²) in [6.07, 6.45) is 5.44. The fourth-order valence-electron chi connectivity index (χ4n) is 2.84. The van der Waals surface area contributed by atoms with Crippen LogP contribution in [-0.4, -0.2) is 11.2 Å². The molecule has 0 atom stereocenters. The van der Waals surface area contributed by atoms with Gasteiger partial charge in [0.2, 0.25) is 5.89 Å². The zero-order valence-electron chi connectivity index (χ0n) is 15.1. The Balaban J connectivity index is 1.55. The second kappa shape index (κ2) is 8.01. The lowest BCUT2D eigenvalue weighted by Gasteiger charge is -1.98. The van der Waals surface area contributed by atoms with Gasteiger partial charge in [-0.1, -0.05) is 53.5 Å². The maximum Gasteiger partial charge on any atom is 0.227 e. The second-order valence-electron chi connectivity index (χ2n) is 6.29. The summed E-state index contributed by atoms with van der Waals surface area (Å²) in [6.45, 7) is 2.02. The molecule has 0 aliphatic heterocycles. The van der Waals surface area contributed by atoms with Crippen LogP contribution in [0.15, 0.2) is 76.1 Å². The van der Waals surface area contributed by atoms with Crippen molar-refractivity contribution in [3.05, 3.63) is 87.9 Å². The van der Waals surface area contributed by atoms with Crippen LogP contribution in [0.4, 0.5) is 5.69 Å². The molecule has 5 heteroatoms. The molecular weight excluding hydrogens is 391 g/mol. The van der Waals surface area contributed by atoms with Crippen LogP contribution in [0.2, 0.25) is 10.0 Å². The topological polar surface area (TPSA) is 38.4 Å². The molecular formula is C23H16Cl2N2O. The number of para-hydroxylation sites is 1. The summed E-state index contributed by atoms with van der Waals surface area (Å²) in [7, 11) is 0. The van der Waals surface area contributed by atoms with Crippen LogP contribution in [0.5, 0.6) is 0 Å². The van der Waals surface area contributed by atoms with Gasteiger partial charge in [0, 0.05) is 21.8 Å². The summed E-state index contributed by atoms with van der Waals surface area (Å²) in [5.41, 5.74) is 5.33. The number of rotatable bonds is 4. The number of aromatic nitrogens is 1. The first-order valence-electron chi connectivity index (χ1n) is 8.72. The van der Waals surface area contributed by atoms with Gasteiger partial charge in [0.1, 0.15) is 5.52 Å². The number of aliphatic imine (C=N–C) groups is 1. The van der Waals surface area contributed by atoms with Crippen molar-refractivity contribution in [3.63, 3.8) is 0 Å². The molecule has 0 radical (unpaired) electrons. The van der Waals surface area contributed by atoms with Crippen LogP contribution in [0.1, 0.15) is 11.1 Å². The highest BCUT2D eigenvalue weighted by Gasteiger charge is 2.09. The number of hydrogen-bond donors (Lipinski definition) is 0. The first-order valence-corrected chi connectivity index (χ1v) is 9.48. The molecule has 1 heterocycles. The normalized spacial score (nSPS) is 11.8. The number of fused-ring (bicyclic) bond motifs is 1. The third kappa shape index (κ3) is 4.01. The Labute approximate surface area is 173 Å². The molecule has 0 saturated heterocycles. The zero-order valence-corrected chi connectivity index (χ0v) is 16.6. The molecule has 0 spiro atoms. The molecule has 0 fully saturated rings. The van der Waals surface area contributed by atoms with Gasteiger partial charge in [0.05, 0.1) is 5.69 Å². The van der Waals surface area contributed by atoms with Gasteiger partial charge in [-0.05, 0) is 60.5 Å². The van der Waals surface area contributed by atoms with Crippen molar-refractivity contribution in [2.45, 2.75) is 6.92 Å². The van der Waals surface area contributed by atoms with Gasteiger partial charge < -0.3 is 4.42 Å². The Hall–Kier alpha value is -2.88. The molecule has 4 aromatic rings. The van der Waals surface area contributed by atoms with E-state index in [1.807, 2.05) is 67.6 Å². The van der Waals surface area contributed by atoms with E-state index in [2.05, 4.69) is 9.98 Å². The van der Waals surface area contributed by atoms with Gasteiger partial charge in [-0.2, -0.15) is 0 Å². The summed E-state index contributed by atoms with van der Waals surface area (Å²) >= 11 is 12.1. The van der Waals surface area contributed by atoms with E-state index < -0.39 is 0 Å². The first-order chi connectivity index (χ1) is 13.6. The molecule has 3 aromatic carbocycles. The van der Waals surface area contributed by atoms with E-state index in [-0.39, 0.29) is 0 Å². The van der Waals surface area contributed by atoms with Gasteiger partial charge in [0.25, 0.3) is 0 Å². The van der Waals surface area contributed by atoms with Crippen molar-refractivity contribution in [2.75, 3.05) is 0 Å². The summed E-state index contributed by atoms with van der Waals surface area (Å²) < 4.78 is 5.89. The highest BCUT2D eigenvalue weighted by atomic mass is 35.5. The van der Waals surface area contributed by atoms with Gasteiger partial charge in [-0.3, -0.25) is 4.99 Å². The van der Waals surface area contributed by atoms with E-state index in [0.717, 1.165) is 33.5 Å². The average molecular weight is 407 g/mol. The molecule has 0 aliphatic carbocycles. The Morgan fingerprint density at radius 2 is 1.86 bits per heavy atom. The van der Waals surface area contributed by atoms with Gasteiger partial charge in [-0.25, -0.2) is 4.98 Å². The zero-order chi connectivity index (χ0) is 19.5. The minimum atomic E-state index is 0.588. The Kier molecular flexibility index (Phi) is 5.29. The predicted molar refractivity (Wildman–Crippen MR) is 118 cm³/mol. The predicted octanol–water partition coefficient (Wildman–Crippen LogP) is 7.53. The number of nitrogens with zero attached hydrogens (tertiary/aromatic N) is 2. The fourth-order valence-corrected chi connectivity index (χ4v) is 3.31. The van der Waals surface area contributed by atoms with Gasteiger partial charge in [0.15, 0.2) is 5.58 Å². The Morgan fingerprint density at radius 3 is 2.68 bits per heavy atom. The van der Waals surface area contributed by atoms with Crippen LogP contribution < -0.4 is 0 Å². The maximum absolute atomic E-state index is 6.16. The largest absolute Gasteiger partial charge is 0.436 e. The van der Waals surface area contributed by atoms with Crippen LogP contribution in [0.3, 0.4) is 0 Å². The third-order valence-corrected chi connectivity index (χ3v) is 4.82. The minimum absolute atomic E-state index is 0.588. The monoisotopic (exact) mass is 406 g/mol. The fraction of sp³-hybridized carbons (Fsp3) is 0.0435. The lowest BCUT2D eigenvalue weighted by Crippen LogP contribution is -1.78. The molecule has 138 valence electrons. The Morgan fingerprint density at radius 1 is 1.00 bits per heavy atom. The minimum Gasteiger partial charge on any atom is -0.436 e. The number of allylic oxidation sites excluding steroid dienone is 1. The van der Waals surface area contributed by atoms with E-state index in [1.165, 1.54) is 0 Å². The van der Waals surface area contributed by atoms with Crippen LogP contribution in [-0.2, 0) is 0 Å². The van der Waals surface area contributed by atoms with E-state index in [0.29, 0.717) is 15.9 Å². The molecule has 0 amide bonds. The number of halogens is 2. The lowest BCUT2D eigenvalue weighted by atomic mass is 10.2. The third-order valence-electron chi connectivity index (χ3n) is 4.26. The van der Waals surface area contributed by atoms with Crippen molar-refractivity contribution in [1.82, 2.24) is 4.98 Å². The van der Waals surface area contributed by atoms with E-state index in [1.54, 1.807) is 18.3 Å². The molecule has 0 saturated carbocycles. The summed E-state index contributed by atoms with van der Waals surface area (Å²) in [5, 5.41) is 1.22. The van der Waals surface area contributed by atoms with Crippen LogP contribution in [0, 0.1) is 6.92 Å². The van der Waals surface area contributed by atoms with Crippen molar-refractivity contribution in [1.29, 1.82) is 0 Å². The number of aryl methyl sites for hydroxylation is 1. The highest BCUT2D eigenvalue weighted by Crippen LogP contribution is 2.28. The number of hydrogen-bond acceptors (Lipinski definition) is 3. The quantitative estimate of drug-likeness (QED) is 0.328. The molecule has 0 N–H and O–H groups in total. The van der Waals surface area contributed by atoms with Crippen LogP contribution in [0.25, 0.3) is 28.6 Å². The average Bonchev–Trinajstić information content (AvgIpc) is 3.13. The molecule has 0 bridgehead atoms. The molecule has 0 aliphatic rings. The van der Waals surface area contributed by atoms with Gasteiger partial charge in [-0.15, -0.1) is 0 Å². The molecule has 4 rings (SSSR count). The Bertz CT molecular complexity index is 1210. The summed E-state index contributed by atoms with van der Waals surface area (Å²) in [4.78, 5) is 9.09. The maximum atomic E-state index is 6.16. The summed E-state index contributed by atoms with van der Waals surface area (Å²) in [6, 6.07) is 19.1. The van der Waals surface area contributed by atoms with Crippen molar-refractivity contribution >= 4 is 52.3 Å². The van der Waals surface area contributed by atoms with Crippen LogP contribution >= 0.6 is 23.2 Å².